The molecule has 1 fully saturated rings. The van der Waals surface area contributed by atoms with Crippen LogP contribution in [-0.4, -0.2) is 36.7 Å². The van der Waals surface area contributed by atoms with Crippen molar-refractivity contribution >= 4 is 58.5 Å². The Morgan fingerprint density at radius 1 is 1.10 bits per heavy atom. The van der Waals surface area contributed by atoms with Gasteiger partial charge in [0.15, 0.2) is 5.13 Å². The minimum atomic E-state index is -3.50. The molecule has 0 unspecified atom stereocenters. The number of fused-ring (bicyclic) bond motifs is 1. The van der Waals surface area contributed by atoms with Crippen molar-refractivity contribution in [1.82, 2.24) is 9.29 Å². The van der Waals surface area contributed by atoms with Gasteiger partial charge in [0.25, 0.3) is 5.91 Å². The molecule has 1 aliphatic heterocycles. The smallest absolute Gasteiger partial charge is 0.257 e. The van der Waals surface area contributed by atoms with Gasteiger partial charge >= 0.3 is 0 Å². The van der Waals surface area contributed by atoms with Crippen LogP contribution >= 0.6 is 27.3 Å². The number of rotatable bonds is 5. The third-order valence-electron chi connectivity index (χ3n) is 4.90. The Hall–Kier alpha value is -1.81. The number of amides is 1. The molecular formula is C20H20BrN3O3S2. The molecule has 2 heterocycles. The molecule has 0 aliphatic carbocycles. The lowest BCUT2D eigenvalue weighted by Crippen LogP contribution is -2.35. The van der Waals surface area contributed by atoms with E-state index in [0.29, 0.717) is 29.3 Å². The van der Waals surface area contributed by atoms with E-state index in [-0.39, 0.29) is 10.8 Å². The Labute approximate surface area is 182 Å². The summed E-state index contributed by atoms with van der Waals surface area (Å²) >= 11 is 4.65. The van der Waals surface area contributed by atoms with Gasteiger partial charge < -0.3 is 0 Å². The molecule has 1 amide bonds. The third-order valence-corrected chi connectivity index (χ3v) is 8.38. The second-order valence-corrected chi connectivity index (χ2v) is 10.4. The number of alkyl halides is 1. The molecule has 0 saturated carbocycles. The molecule has 0 atom stereocenters. The molecular weight excluding hydrogens is 474 g/mol. The fourth-order valence-electron chi connectivity index (χ4n) is 3.29. The van der Waals surface area contributed by atoms with E-state index in [1.54, 1.807) is 34.6 Å². The van der Waals surface area contributed by atoms with Crippen LogP contribution in [0.4, 0.5) is 5.13 Å². The Kier molecular flexibility index (Phi) is 6.00. The van der Waals surface area contributed by atoms with Gasteiger partial charge in [-0.1, -0.05) is 45.8 Å². The fraction of sp³-hybridized carbons (Fsp3) is 0.300. The van der Waals surface area contributed by atoms with Crippen LogP contribution < -0.4 is 5.32 Å². The van der Waals surface area contributed by atoms with Crippen molar-refractivity contribution in [3.8, 4) is 0 Å². The molecule has 1 aliphatic rings. The number of sulfonamides is 1. The van der Waals surface area contributed by atoms with Gasteiger partial charge in [-0.2, -0.15) is 4.31 Å². The van der Waals surface area contributed by atoms with Gasteiger partial charge in [0.05, 0.1) is 15.1 Å². The van der Waals surface area contributed by atoms with Crippen molar-refractivity contribution in [2.75, 3.05) is 18.4 Å². The quantitative estimate of drug-likeness (QED) is 0.525. The largest absolute Gasteiger partial charge is 0.298 e. The number of aromatic nitrogens is 1. The second kappa shape index (κ2) is 8.51. The zero-order chi connectivity index (χ0) is 20.4. The summed E-state index contributed by atoms with van der Waals surface area (Å²) in [5.74, 6) is -0.244. The number of benzene rings is 2. The Morgan fingerprint density at radius 3 is 2.52 bits per heavy atom. The monoisotopic (exact) mass is 493 g/mol. The number of piperidine rings is 1. The number of thiazole rings is 1. The minimum Gasteiger partial charge on any atom is -0.298 e. The second-order valence-electron chi connectivity index (χ2n) is 6.90. The van der Waals surface area contributed by atoms with Crippen LogP contribution in [-0.2, 0) is 15.4 Å². The van der Waals surface area contributed by atoms with E-state index < -0.39 is 10.0 Å². The molecule has 0 bridgehead atoms. The molecule has 0 radical (unpaired) electrons. The van der Waals surface area contributed by atoms with Gasteiger partial charge in [-0.15, -0.1) is 0 Å². The van der Waals surface area contributed by atoms with Crippen molar-refractivity contribution in [3.63, 3.8) is 0 Å². The van der Waals surface area contributed by atoms with Crippen LogP contribution in [0.25, 0.3) is 10.2 Å². The first kappa shape index (κ1) is 20.5. The number of halogens is 1. The van der Waals surface area contributed by atoms with Crippen molar-refractivity contribution in [2.24, 2.45) is 0 Å². The predicted molar refractivity (Wildman–Crippen MR) is 119 cm³/mol. The van der Waals surface area contributed by atoms with E-state index in [9.17, 15) is 13.2 Å². The molecule has 1 saturated heterocycles. The number of hydrogen-bond donors (Lipinski definition) is 1. The van der Waals surface area contributed by atoms with Crippen LogP contribution in [0.15, 0.2) is 47.4 Å². The molecule has 152 valence electrons. The third kappa shape index (κ3) is 4.37. The van der Waals surface area contributed by atoms with Crippen LogP contribution in [0, 0.1) is 0 Å². The van der Waals surface area contributed by atoms with E-state index in [0.717, 1.165) is 34.9 Å². The van der Waals surface area contributed by atoms with E-state index in [4.69, 9.17) is 0 Å². The molecule has 29 heavy (non-hydrogen) atoms. The van der Waals surface area contributed by atoms with E-state index in [2.05, 4.69) is 26.2 Å². The average Bonchev–Trinajstić information content (AvgIpc) is 3.15. The highest BCUT2D eigenvalue weighted by Gasteiger charge is 2.26. The van der Waals surface area contributed by atoms with Crippen molar-refractivity contribution < 1.29 is 13.2 Å². The molecule has 1 aromatic heterocycles. The Bertz CT molecular complexity index is 1140. The zero-order valence-electron chi connectivity index (χ0n) is 15.6. The van der Waals surface area contributed by atoms with Crippen molar-refractivity contribution in [1.29, 1.82) is 0 Å². The summed E-state index contributed by atoms with van der Waals surface area (Å²) in [5, 5.41) is 3.98. The first-order chi connectivity index (χ1) is 14.0. The first-order valence-electron chi connectivity index (χ1n) is 9.34. The highest BCUT2D eigenvalue weighted by Crippen LogP contribution is 2.30. The van der Waals surface area contributed by atoms with Crippen LogP contribution in [0.2, 0.25) is 0 Å². The summed E-state index contributed by atoms with van der Waals surface area (Å²) < 4.78 is 28.1. The number of carbonyl (C=O) groups excluding carboxylic acids is 1. The Morgan fingerprint density at radius 2 is 1.83 bits per heavy atom. The maximum absolute atomic E-state index is 12.9. The number of hydrogen-bond acceptors (Lipinski definition) is 5. The number of anilines is 1. The maximum atomic E-state index is 12.9. The van der Waals surface area contributed by atoms with Gasteiger partial charge in [0.1, 0.15) is 0 Å². The van der Waals surface area contributed by atoms with E-state index in [1.165, 1.54) is 11.3 Å². The normalized spacial score (nSPS) is 15.5. The number of carbonyl (C=O) groups is 1. The standard InChI is InChI=1S/C20H20BrN3O3S2/c21-13-14-4-6-15(7-5-14)19(25)23-20-22-17-9-8-16(12-18(17)28-20)29(26,27)24-10-2-1-3-11-24/h4-9,12H,1-3,10-11,13H2,(H,22,23,25). The van der Waals surface area contributed by atoms with Gasteiger partial charge in [-0.3, -0.25) is 10.1 Å². The van der Waals surface area contributed by atoms with Gasteiger partial charge in [0, 0.05) is 24.0 Å². The summed E-state index contributed by atoms with van der Waals surface area (Å²) in [7, 11) is -3.50. The lowest BCUT2D eigenvalue weighted by Gasteiger charge is -2.25. The minimum absolute atomic E-state index is 0.244. The topological polar surface area (TPSA) is 79.4 Å². The predicted octanol–water partition coefficient (Wildman–Crippen LogP) is 4.62. The van der Waals surface area contributed by atoms with E-state index >= 15 is 0 Å². The number of nitrogens with one attached hydrogen (secondary N) is 1. The highest BCUT2D eigenvalue weighted by molar-refractivity contribution is 9.08. The van der Waals surface area contributed by atoms with E-state index in [1.807, 2.05) is 12.1 Å². The van der Waals surface area contributed by atoms with Crippen LogP contribution in [0.1, 0.15) is 35.2 Å². The van der Waals surface area contributed by atoms with Crippen LogP contribution in [0.5, 0.6) is 0 Å². The highest BCUT2D eigenvalue weighted by atomic mass is 79.9. The summed E-state index contributed by atoms with van der Waals surface area (Å²) in [4.78, 5) is 17.2. The average molecular weight is 494 g/mol. The molecule has 4 rings (SSSR count). The fourth-order valence-corrected chi connectivity index (χ4v) is 6.18. The summed E-state index contributed by atoms with van der Waals surface area (Å²) in [6, 6.07) is 12.3. The molecule has 6 nitrogen and oxygen atoms in total. The SMILES string of the molecule is O=C(Nc1nc2ccc(S(=O)(=O)N3CCCCC3)cc2s1)c1ccc(CBr)cc1. The molecule has 0 spiro atoms. The summed E-state index contributed by atoms with van der Waals surface area (Å²) in [6.07, 6.45) is 2.87. The molecule has 1 N–H and O–H groups in total. The molecule has 3 aromatic rings. The van der Waals surface area contributed by atoms with Gasteiger partial charge in [-0.05, 0) is 48.7 Å². The van der Waals surface area contributed by atoms with Gasteiger partial charge in [-0.25, -0.2) is 13.4 Å². The van der Waals surface area contributed by atoms with Gasteiger partial charge in [0.2, 0.25) is 10.0 Å². The lowest BCUT2D eigenvalue weighted by molar-refractivity contribution is 0.102. The molecule has 9 heteroatoms. The van der Waals surface area contributed by atoms with Crippen molar-refractivity contribution in [3.05, 3.63) is 53.6 Å². The van der Waals surface area contributed by atoms with Crippen molar-refractivity contribution in [2.45, 2.75) is 29.5 Å². The Balaban J connectivity index is 1.55. The molecule has 2 aromatic carbocycles. The zero-order valence-corrected chi connectivity index (χ0v) is 18.8. The number of nitrogens with zero attached hydrogens (tertiary/aromatic N) is 2. The maximum Gasteiger partial charge on any atom is 0.257 e. The van der Waals surface area contributed by atoms with Crippen LogP contribution in [0.3, 0.4) is 0 Å². The lowest BCUT2D eigenvalue weighted by atomic mass is 10.1. The summed E-state index contributed by atoms with van der Waals surface area (Å²) in [5.41, 5.74) is 2.30. The first-order valence-corrected chi connectivity index (χ1v) is 12.7. The summed E-state index contributed by atoms with van der Waals surface area (Å²) in [6.45, 7) is 1.14.